The fourth-order valence-corrected chi connectivity index (χ4v) is 4.27. The van der Waals surface area contributed by atoms with Crippen LogP contribution in [0.4, 0.5) is 11.4 Å². The van der Waals surface area contributed by atoms with E-state index in [0.29, 0.717) is 43.1 Å². The van der Waals surface area contributed by atoms with Crippen LogP contribution in [0.15, 0.2) is 42.5 Å². The Bertz CT molecular complexity index is 973. The van der Waals surface area contributed by atoms with Crippen LogP contribution in [-0.2, 0) is 9.59 Å². The first-order valence-corrected chi connectivity index (χ1v) is 12.0. The van der Waals surface area contributed by atoms with Gasteiger partial charge in [0, 0.05) is 25.2 Å². The van der Waals surface area contributed by atoms with Crippen LogP contribution in [0.3, 0.4) is 0 Å². The van der Waals surface area contributed by atoms with Crippen molar-refractivity contribution in [2.75, 3.05) is 56.7 Å². The largest absolute Gasteiger partial charge is 0.497 e. The third-order valence-electron chi connectivity index (χ3n) is 6.15. The van der Waals surface area contributed by atoms with E-state index < -0.39 is 0 Å². The standard InChI is InChI=1S/C26H33N3O5/c1-32-21-8-10-22(11-9-21)33-17-5-6-25(30)27-20-7-12-24-23(18-20)29(26(31)19-34-24)16-15-28-13-3-2-4-14-28/h7-12,18H,2-6,13-17,19H2,1H3,(H,27,30). The summed E-state index contributed by atoms with van der Waals surface area (Å²) in [6, 6.07) is 12.8. The normalized spacial score (nSPS) is 15.9. The lowest BCUT2D eigenvalue weighted by atomic mass is 10.1. The number of benzene rings is 2. The molecule has 34 heavy (non-hydrogen) atoms. The van der Waals surface area contributed by atoms with Crippen molar-refractivity contribution in [2.24, 2.45) is 0 Å². The summed E-state index contributed by atoms with van der Waals surface area (Å²) in [6.45, 7) is 4.13. The molecule has 0 bridgehead atoms. The van der Waals surface area contributed by atoms with Crippen LogP contribution in [-0.4, -0.2) is 63.2 Å². The Labute approximate surface area is 200 Å². The molecule has 8 nitrogen and oxygen atoms in total. The molecule has 182 valence electrons. The summed E-state index contributed by atoms with van der Waals surface area (Å²) in [6.07, 6.45) is 4.64. The van der Waals surface area contributed by atoms with Crippen molar-refractivity contribution in [3.63, 3.8) is 0 Å². The summed E-state index contributed by atoms with van der Waals surface area (Å²) in [5.41, 5.74) is 1.37. The molecule has 0 atom stereocenters. The van der Waals surface area contributed by atoms with Gasteiger partial charge in [-0.1, -0.05) is 6.42 Å². The quantitative estimate of drug-likeness (QED) is 0.537. The van der Waals surface area contributed by atoms with Gasteiger partial charge in [0.2, 0.25) is 5.91 Å². The number of nitrogens with zero attached hydrogens (tertiary/aromatic N) is 2. The highest BCUT2D eigenvalue weighted by molar-refractivity contribution is 5.99. The predicted molar refractivity (Wildman–Crippen MR) is 131 cm³/mol. The topological polar surface area (TPSA) is 80.3 Å². The molecule has 2 amide bonds. The van der Waals surface area contributed by atoms with Crippen molar-refractivity contribution >= 4 is 23.2 Å². The zero-order valence-electron chi connectivity index (χ0n) is 19.8. The van der Waals surface area contributed by atoms with Gasteiger partial charge in [-0.15, -0.1) is 0 Å². The molecule has 1 saturated heterocycles. The zero-order valence-corrected chi connectivity index (χ0v) is 19.8. The Morgan fingerprint density at radius 2 is 1.79 bits per heavy atom. The molecule has 4 rings (SSSR count). The number of hydrogen-bond donors (Lipinski definition) is 1. The van der Waals surface area contributed by atoms with Crippen molar-refractivity contribution in [1.29, 1.82) is 0 Å². The Hall–Kier alpha value is -3.26. The van der Waals surface area contributed by atoms with Gasteiger partial charge in [0.25, 0.3) is 5.91 Å². The molecular weight excluding hydrogens is 434 g/mol. The van der Waals surface area contributed by atoms with Crippen molar-refractivity contribution in [2.45, 2.75) is 32.1 Å². The van der Waals surface area contributed by atoms with Crippen molar-refractivity contribution in [3.05, 3.63) is 42.5 Å². The molecule has 0 radical (unpaired) electrons. The summed E-state index contributed by atoms with van der Waals surface area (Å²) in [5.74, 6) is 2.04. The highest BCUT2D eigenvalue weighted by Gasteiger charge is 2.26. The average molecular weight is 468 g/mol. The van der Waals surface area contributed by atoms with Crippen LogP contribution in [0.5, 0.6) is 17.2 Å². The van der Waals surface area contributed by atoms with Crippen LogP contribution in [0, 0.1) is 0 Å². The molecule has 0 saturated carbocycles. The number of likely N-dealkylation sites (tertiary alicyclic amines) is 1. The van der Waals surface area contributed by atoms with E-state index in [0.717, 1.165) is 31.1 Å². The second kappa shape index (κ2) is 11.7. The molecule has 1 N–H and O–H groups in total. The first kappa shape index (κ1) is 23.9. The lowest BCUT2D eigenvalue weighted by molar-refractivity contribution is -0.121. The van der Waals surface area contributed by atoms with Gasteiger partial charge in [0.15, 0.2) is 6.61 Å². The first-order chi connectivity index (χ1) is 16.6. The van der Waals surface area contributed by atoms with E-state index in [4.69, 9.17) is 14.2 Å². The Morgan fingerprint density at radius 1 is 1.03 bits per heavy atom. The van der Waals surface area contributed by atoms with Gasteiger partial charge in [-0.3, -0.25) is 9.59 Å². The third kappa shape index (κ3) is 6.41. The van der Waals surface area contributed by atoms with E-state index >= 15 is 0 Å². The van der Waals surface area contributed by atoms with Crippen LogP contribution in [0.2, 0.25) is 0 Å². The van der Waals surface area contributed by atoms with Crippen molar-refractivity contribution in [3.8, 4) is 17.2 Å². The third-order valence-corrected chi connectivity index (χ3v) is 6.15. The van der Waals surface area contributed by atoms with E-state index in [9.17, 15) is 9.59 Å². The molecule has 2 aliphatic heterocycles. The number of anilines is 2. The summed E-state index contributed by atoms with van der Waals surface area (Å²) in [7, 11) is 1.62. The van der Waals surface area contributed by atoms with Gasteiger partial charge in [0.05, 0.1) is 19.4 Å². The molecule has 0 spiro atoms. The number of hydrogen-bond acceptors (Lipinski definition) is 6. The highest BCUT2D eigenvalue weighted by atomic mass is 16.5. The molecule has 0 unspecified atom stereocenters. The second-order valence-electron chi connectivity index (χ2n) is 8.59. The maximum Gasteiger partial charge on any atom is 0.265 e. The number of fused-ring (bicyclic) bond motifs is 1. The summed E-state index contributed by atoms with van der Waals surface area (Å²) >= 11 is 0. The van der Waals surface area contributed by atoms with Gasteiger partial charge in [0.1, 0.15) is 17.2 Å². The van der Waals surface area contributed by atoms with E-state index in [1.807, 2.05) is 42.5 Å². The fourth-order valence-electron chi connectivity index (χ4n) is 4.27. The molecule has 2 aliphatic rings. The maximum atomic E-state index is 12.6. The van der Waals surface area contributed by atoms with Crippen molar-refractivity contribution in [1.82, 2.24) is 4.90 Å². The van der Waals surface area contributed by atoms with E-state index in [-0.39, 0.29) is 18.4 Å². The average Bonchev–Trinajstić information content (AvgIpc) is 2.87. The Kier molecular flexibility index (Phi) is 8.25. The lowest BCUT2D eigenvalue weighted by Gasteiger charge is -2.33. The van der Waals surface area contributed by atoms with Crippen LogP contribution < -0.4 is 24.4 Å². The van der Waals surface area contributed by atoms with E-state index in [2.05, 4.69) is 10.2 Å². The van der Waals surface area contributed by atoms with Gasteiger partial charge in [-0.25, -0.2) is 0 Å². The first-order valence-electron chi connectivity index (χ1n) is 12.0. The predicted octanol–water partition coefficient (Wildman–Crippen LogP) is 3.70. The summed E-state index contributed by atoms with van der Waals surface area (Å²) < 4.78 is 16.4. The van der Waals surface area contributed by atoms with Gasteiger partial charge < -0.3 is 29.3 Å². The molecular formula is C26H33N3O5. The van der Waals surface area contributed by atoms with Gasteiger partial charge in [-0.05, 0) is 74.8 Å². The maximum absolute atomic E-state index is 12.6. The molecule has 2 heterocycles. The van der Waals surface area contributed by atoms with Crippen LogP contribution >= 0.6 is 0 Å². The zero-order chi connectivity index (χ0) is 23.8. The van der Waals surface area contributed by atoms with E-state index in [1.165, 1.54) is 19.3 Å². The number of rotatable bonds is 10. The molecule has 2 aromatic rings. The van der Waals surface area contributed by atoms with Gasteiger partial charge in [-0.2, -0.15) is 0 Å². The van der Waals surface area contributed by atoms with Crippen LogP contribution in [0.1, 0.15) is 32.1 Å². The number of piperidine rings is 1. The number of ether oxygens (including phenoxy) is 3. The lowest BCUT2D eigenvalue weighted by Crippen LogP contribution is -2.44. The number of amides is 2. The smallest absolute Gasteiger partial charge is 0.265 e. The summed E-state index contributed by atoms with van der Waals surface area (Å²) in [5, 5.41) is 2.93. The molecule has 0 aromatic heterocycles. The fraction of sp³-hybridized carbons (Fsp3) is 0.462. The molecule has 8 heteroatoms. The number of carbonyl (C=O) groups excluding carboxylic acids is 2. The minimum Gasteiger partial charge on any atom is -0.497 e. The SMILES string of the molecule is COc1ccc(OCCCC(=O)Nc2ccc3c(c2)N(CCN2CCCCC2)C(=O)CO3)cc1. The number of nitrogens with one attached hydrogen (secondary N) is 1. The van der Waals surface area contributed by atoms with E-state index in [1.54, 1.807) is 12.0 Å². The summed E-state index contributed by atoms with van der Waals surface area (Å²) in [4.78, 5) is 29.2. The molecule has 1 fully saturated rings. The Morgan fingerprint density at radius 3 is 2.56 bits per heavy atom. The number of carbonyl (C=O) groups is 2. The minimum atomic E-state index is -0.0961. The minimum absolute atomic E-state index is 0.0485. The molecule has 2 aromatic carbocycles. The highest BCUT2D eigenvalue weighted by Crippen LogP contribution is 2.34. The van der Waals surface area contributed by atoms with Crippen molar-refractivity contribution < 1.29 is 23.8 Å². The number of methoxy groups -OCH3 is 1. The second-order valence-corrected chi connectivity index (χ2v) is 8.59. The monoisotopic (exact) mass is 467 g/mol. The van der Waals surface area contributed by atoms with Gasteiger partial charge >= 0.3 is 0 Å². The van der Waals surface area contributed by atoms with Crippen LogP contribution in [0.25, 0.3) is 0 Å². The Balaban J connectivity index is 1.27. The molecule has 0 aliphatic carbocycles.